The van der Waals surface area contributed by atoms with Crippen LogP contribution in [0, 0.1) is 7.14 Å². The number of halogens is 7. The Morgan fingerprint density at radius 1 is 1.07 bits per heavy atom. The van der Waals surface area contributed by atoms with Gasteiger partial charge in [-0.3, -0.25) is 9.36 Å². The molecule has 228 valence electrons. The molecule has 0 N–H and O–H groups in total. The van der Waals surface area contributed by atoms with Crippen LogP contribution in [0.25, 0.3) is 6.08 Å². The van der Waals surface area contributed by atoms with Gasteiger partial charge in [0, 0.05) is 19.2 Å². The number of carbonyl (C=O) groups excluding carboxylic acids is 1. The summed E-state index contributed by atoms with van der Waals surface area (Å²) in [6.45, 7) is 1.52. The highest BCUT2D eigenvalue weighted by Crippen LogP contribution is 2.38. The van der Waals surface area contributed by atoms with Gasteiger partial charge in [-0.15, -0.1) is 0 Å². The van der Waals surface area contributed by atoms with Crippen molar-refractivity contribution >= 4 is 91.8 Å². The third-order valence-electron chi connectivity index (χ3n) is 6.40. The number of allylic oxidation sites excluding steroid dienone is 1. The molecule has 0 radical (unpaired) electrons. The highest BCUT2D eigenvalue weighted by molar-refractivity contribution is 14.1. The molecule has 0 unspecified atom stereocenters. The largest absolute Gasteiger partial charge is 0.487 e. The van der Waals surface area contributed by atoms with Gasteiger partial charge in [0.2, 0.25) is 0 Å². The van der Waals surface area contributed by atoms with E-state index in [4.69, 9.17) is 32.7 Å². The Kier molecular flexibility index (Phi) is 10.1. The van der Waals surface area contributed by atoms with Crippen LogP contribution < -0.4 is 19.6 Å². The highest BCUT2D eigenvalue weighted by atomic mass is 127. The molecule has 1 atom stereocenters. The monoisotopic (exact) mass is 884 g/mol. The van der Waals surface area contributed by atoms with Gasteiger partial charge in [0.05, 0.1) is 26.3 Å². The maximum absolute atomic E-state index is 14.4. The van der Waals surface area contributed by atoms with Crippen molar-refractivity contribution in [2.45, 2.75) is 25.7 Å². The number of fused-ring (bicyclic) bond motifs is 1. The average molecular weight is 885 g/mol. The molecule has 1 aliphatic heterocycles. The van der Waals surface area contributed by atoms with E-state index in [-0.39, 0.29) is 28.1 Å². The molecule has 0 saturated carbocycles. The second kappa shape index (κ2) is 13.5. The first-order valence-electron chi connectivity index (χ1n) is 12.8. The summed E-state index contributed by atoms with van der Waals surface area (Å²) in [4.78, 5) is 30.6. The van der Waals surface area contributed by atoms with E-state index in [9.17, 15) is 22.8 Å². The lowest BCUT2D eigenvalue weighted by Gasteiger charge is -2.26. The molecule has 0 spiro atoms. The summed E-state index contributed by atoms with van der Waals surface area (Å²) in [6.07, 6.45) is -3.44. The maximum atomic E-state index is 14.4. The van der Waals surface area contributed by atoms with Crippen LogP contribution in [0.4, 0.5) is 13.2 Å². The van der Waals surface area contributed by atoms with Gasteiger partial charge < -0.3 is 9.47 Å². The molecule has 0 fully saturated rings. The zero-order valence-electron chi connectivity index (χ0n) is 22.4. The van der Waals surface area contributed by atoms with Gasteiger partial charge in [-0.05, 0) is 106 Å². The first-order chi connectivity index (χ1) is 20.9. The topological polar surface area (TPSA) is 69.9 Å². The zero-order chi connectivity index (χ0) is 31.8. The number of rotatable bonds is 7. The van der Waals surface area contributed by atoms with Gasteiger partial charge in [0.1, 0.15) is 12.4 Å². The number of alkyl halides is 3. The minimum absolute atomic E-state index is 0.100. The first-order valence-corrected chi connectivity index (χ1v) is 16.5. The highest BCUT2D eigenvalue weighted by Gasteiger charge is 2.45. The first kappa shape index (κ1) is 33.0. The van der Waals surface area contributed by atoms with Gasteiger partial charge in [0.15, 0.2) is 10.5 Å². The SMILES string of the molecule is CCOC(=O)C1=C(C(F)(F)F)N=c2s/c(=C\c3cc(I)cc(I)c3OCc3ccc(Cl)cc3)c(=O)n2[C@@H]1c1ccc(Cl)cc1. The standard InChI is InChI=1S/C30H19Cl2F3I2N2O4S/c1-2-42-28(41)23-24(16-5-9-19(32)10-6-16)39-27(40)22(44-29(39)38-26(23)30(33,34)35)12-17-11-20(36)13-21(37)25(17)43-14-15-3-7-18(31)8-4-15/h3-13,24H,2,14H2,1H3/b22-12-/t24-/m1/s1. The minimum Gasteiger partial charge on any atom is -0.487 e. The number of benzene rings is 3. The molecule has 6 nitrogen and oxygen atoms in total. The Balaban J connectivity index is 1.71. The van der Waals surface area contributed by atoms with E-state index in [0.717, 1.165) is 28.6 Å². The molecule has 0 amide bonds. The van der Waals surface area contributed by atoms with E-state index >= 15 is 0 Å². The Morgan fingerprint density at radius 3 is 2.32 bits per heavy atom. The number of thiazole rings is 1. The lowest BCUT2D eigenvalue weighted by atomic mass is 9.95. The number of hydrogen-bond donors (Lipinski definition) is 0. The fourth-order valence-corrected chi connectivity index (χ4v) is 7.81. The summed E-state index contributed by atoms with van der Waals surface area (Å²) >= 11 is 17.1. The summed E-state index contributed by atoms with van der Waals surface area (Å²) in [5.74, 6) is -0.730. The van der Waals surface area contributed by atoms with Crippen LogP contribution in [0.5, 0.6) is 5.75 Å². The number of nitrogens with zero attached hydrogens (tertiary/aromatic N) is 2. The Bertz CT molecular complexity index is 1960. The molecule has 1 aliphatic rings. The number of hydrogen-bond acceptors (Lipinski definition) is 6. The minimum atomic E-state index is -5.00. The van der Waals surface area contributed by atoms with Crippen molar-refractivity contribution in [3.05, 3.63) is 125 Å². The van der Waals surface area contributed by atoms with Gasteiger partial charge in [-0.1, -0.05) is 58.8 Å². The van der Waals surface area contributed by atoms with Crippen LogP contribution >= 0.6 is 79.7 Å². The predicted octanol–water partition coefficient (Wildman–Crippen LogP) is 7.44. The van der Waals surface area contributed by atoms with E-state index in [2.05, 4.69) is 50.2 Å². The Labute approximate surface area is 290 Å². The Morgan fingerprint density at radius 2 is 1.70 bits per heavy atom. The van der Waals surface area contributed by atoms with Gasteiger partial charge in [-0.2, -0.15) is 13.2 Å². The molecular formula is C30H19Cl2F3I2N2O4S. The molecule has 3 aromatic carbocycles. The molecular weight excluding hydrogens is 866 g/mol. The van der Waals surface area contributed by atoms with E-state index in [0.29, 0.717) is 21.4 Å². The van der Waals surface area contributed by atoms with Crippen LogP contribution in [0.15, 0.2) is 81.7 Å². The molecule has 5 rings (SSSR count). The maximum Gasteiger partial charge on any atom is 0.434 e. The van der Waals surface area contributed by atoms with Crippen LogP contribution in [0.1, 0.15) is 29.7 Å². The van der Waals surface area contributed by atoms with Crippen molar-refractivity contribution in [3.63, 3.8) is 0 Å². The van der Waals surface area contributed by atoms with Crippen molar-refractivity contribution in [1.82, 2.24) is 4.57 Å². The average Bonchev–Trinajstić information content (AvgIpc) is 3.27. The lowest BCUT2D eigenvalue weighted by Crippen LogP contribution is -2.41. The summed E-state index contributed by atoms with van der Waals surface area (Å²) < 4.78 is 57.2. The fourth-order valence-electron chi connectivity index (χ4n) is 4.52. The number of aromatic nitrogens is 1. The molecule has 4 aromatic rings. The van der Waals surface area contributed by atoms with E-state index in [1.54, 1.807) is 24.3 Å². The number of carbonyl (C=O) groups is 1. The third-order valence-corrected chi connectivity index (χ3v) is 9.31. The number of ether oxygens (including phenoxy) is 2. The van der Waals surface area contributed by atoms with Gasteiger partial charge >= 0.3 is 12.1 Å². The molecule has 44 heavy (non-hydrogen) atoms. The Hall–Kier alpha value is -2.40. The van der Waals surface area contributed by atoms with Gasteiger partial charge in [0.25, 0.3) is 5.56 Å². The van der Waals surface area contributed by atoms with Crippen LogP contribution in [-0.4, -0.2) is 23.3 Å². The van der Waals surface area contributed by atoms with E-state index in [1.807, 2.05) is 18.2 Å². The summed E-state index contributed by atoms with van der Waals surface area (Å²) in [5, 5.41) is 0.920. The second-order valence-electron chi connectivity index (χ2n) is 9.34. The van der Waals surface area contributed by atoms with E-state index in [1.165, 1.54) is 31.2 Å². The normalized spacial score (nSPS) is 15.2. The van der Waals surface area contributed by atoms with Crippen LogP contribution in [-0.2, 0) is 16.1 Å². The molecule has 0 saturated heterocycles. The summed E-state index contributed by atoms with van der Waals surface area (Å²) in [6, 6.07) is 15.3. The molecule has 0 bridgehead atoms. The van der Waals surface area contributed by atoms with Gasteiger partial charge in [-0.25, -0.2) is 9.79 Å². The van der Waals surface area contributed by atoms with Crippen molar-refractivity contribution in [2.24, 2.45) is 4.99 Å². The van der Waals surface area contributed by atoms with Crippen molar-refractivity contribution < 1.29 is 27.4 Å². The zero-order valence-corrected chi connectivity index (χ0v) is 29.1. The van der Waals surface area contributed by atoms with Crippen molar-refractivity contribution in [1.29, 1.82) is 0 Å². The fraction of sp³-hybridized carbons (Fsp3) is 0.167. The summed E-state index contributed by atoms with van der Waals surface area (Å²) in [5.41, 5.74) is -1.19. The van der Waals surface area contributed by atoms with Crippen LogP contribution in [0.2, 0.25) is 10.0 Å². The molecule has 0 aliphatic carbocycles. The smallest absolute Gasteiger partial charge is 0.434 e. The molecule has 14 heteroatoms. The summed E-state index contributed by atoms with van der Waals surface area (Å²) in [7, 11) is 0. The molecule has 2 heterocycles. The second-order valence-corrected chi connectivity index (χ2v) is 13.6. The lowest BCUT2D eigenvalue weighted by molar-refractivity contribution is -0.140. The third kappa shape index (κ3) is 7.03. The quantitative estimate of drug-likeness (QED) is 0.143. The van der Waals surface area contributed by atoms with E-state index < -0.39 is 35.0 Å². The van der Waals surface area contributed by atoms with Crippen LogP contribution in [0.3, 0.4) is 0 Å². The predicted molar refractivity (Wildman–Crippen MR) is 180 cm³/mol. The van der Waals surface area contributed by atoms with Crippen molar-refractivity contribution in [2.75, 3.05) is 6.61 Å². The number of esters is 1. The molecule has 1 aromatic heterocycles. The van der Waals surface area contributed by atoms with Crippen molar-refractivity contribution in [3.8, 4) is 5.75 Å².